The highest BCUT2D eigenvalue weighted by molar-refractivity contribution is 9.10. The first-order valence-electron chi connectivity index (χ1n) is 4.67. The molecule has 2 rings (SSSR count). The molecule has 0 aliphatic rings. The summed E-state index contributed by atoms with van der Waals surface area (Å²) in [6.45, 7) is 2.08. The number of esters is 1. The molecular formula is C11H8BrClO3. The summed E-state index contributed by atoms with van der Waals surface area (Å²) in [6, 6.07) is 3.49. The van der Waals surface area contributed by atoms with E-state index in [2.05, 4.69) is 15.9 Å². The van der Waals surface area contributed by atoms with Crippen LogP contribution in [0.2, 0.25) is 5.02 Å². The van der Waals surface area contributed by atoms with Gasteiger partial charge < -0.3 is 9.15 Å². The lowest BCUT2D eigenvalue weighted by Gasteiger charge is -1.99. The second kappa shape index (κ2) is 4.47. The van der Waals surface area contributed by atoms with Crippen molar-refractivity contribution in [3.05, 3.63) is 33.5 Å². The van der Waals surface area contributed by atoms with Gasteiger partial charge in [0, 0.05) is 9.86 Å². The predicted molar refractivity (Wildman–Crippen MR) is 64.9 cm³/mol. The minimum absolute atomic E-state index is 0.327. The SMILES string of the molecule is CCOC(=O)c1coc2c(Cl)cc(Br)cc12. The first kappa shape index (κ1) is 11.5. The van der Waals surface area contributed by atoms with E-state index in [0.29, 0.717) is 28.2 Å². The number of furan rings is 1. The number of ether oxygens (including phenoxy) is 1. The van der Waals surface area contributed by atoms with E-state index >= 15 is 0 Å². The molecule has 0 amide bonds. The molecule has 0 radical (unpaired) electrons. The minimum Gasteiger partial charge on any atom is -0.462 e. The Morgan fingerprint density at radius 2 is 2.31 bits per heavy atom. The monoisotopic (exact) mass is 302 g/mol. The molecule has 1 aromatic carbocycles. The highest BCUT2D eigenvalue weighted by Crippen LogP contribution is 2.31. The van der Waals surface area contributed by atoms with E-state index in [0.717, 1.165) is 4.47 Å². The Bertz CT molecular complexity index is 547. The van der Waals surface area contributed by atoms with Crippen molar-refractivity contribution in [2.24, 2.45) is 0 Å². The Balaban J connectivity index is 2.60. The van der Waals surface area contributed by atoms with E-state index in [-0.39, 0.29) is 0 Å². The number of hydrogen-bond acceptors (Lipinski definition) is 3. The molecule has 0 atom stereocenters. The standard InChI is InChI=1S/C11H8BrClO3/c1-2-15-11(14)8-5-16-10-7(8)3-6(12)4-9(10)13/h3-5H,2H2,1H3. The van der Waals surface area contributed by atoms with Crippen LogP contribution in [0.25, 0.3) is 11.0 Å². The van der Waals surface area contributed by atoms with Crippen LogP contribution >= 0.6 is 27.5 Å². The van der Waals surface area contributed by atoms with Gasteiger partial charge >= 0.3 is 5.97 Å². The zero-order valence-electron chi connectivity index (χ0n) is 8.42. The van der Waals surface area contributed by atoms with Crippen LogP contribution in [-0.2, 0) is 4.74 Å². The number of rotatable bonds is 2. The highest BCUT2D eigenvalue weighted by Gasteiger charge is 2.17. The molecule has 5 heteroatoms. The van der Waals surface area contributed by atoms with E-state index in [4.69, 9.17) is 20.8 Å². The third kappa shape index (κ3) is 1.95. The Morgan fingerprint density at radius 1 is 1.56 bits per heavy atom. The Morgan fingerprint density at radius 3 is 3.00 bits per heavy atom. The van der Waals surface area contributed by atoms with Crippen molar-refractivity contribution in [1.29, 1.82) is 0 Å². The zero-order chi connectivity index (χ0) is 11.7. The molecule has 0 unspecified atom stereocenters. The second-order valence-electron chi connectivity index (χ2n) is 3.13. The first-order chi connectivity index (χ1) is 7.63. The van der Waals surface area contributed by atoms with E-state index in [1.165, 1.54) is 6.26 Å². The molecule has 1 aromatic heterocycles. The lowest BCUT2D eigenvalue weighted by Crippen LogP contribution is -2.03. The normalized spacial score (nSPS) is 10.7. The maximum Gasteiger partial charge on any atom is 0.342 e. The second-order valence-corrected chi connectivity index (χ2v) is 4.46. The molecule has 0 aliphatic carbocycles. The van der Waals surface area contributed by atoms with Gasteiger partial charge in [-0.2, -0.15) is 0 Å². The molecule has 0 bridgehead atoms. The van der Waals surface area contributed by atoms with Crippen LogP contribution in [0.15, 0.2) is 27.3 Å². The maximum absolute atomic E-state index is 11.6. The lowest BCUT2D eigenvalue weighted by atomic mass is 10.2. The summed E-state index contributed by atoms with van der Waals surface area (Å²) in [7, 11) is 0. The first-order valence-corrected chi connectivity index (χ1v) is 5.84. The van der Waals surface area contributed by atoms with Gasteiger partial charge in [0.05, 0.1) is 11.6 Å². The third-order valence-corrected chi connectivity index (χ3v) is 2.83. The van der Waals surface area contributed by atoms with Gasteiger partial charge in [0.1, 0.15) is 11.8 Å². The number of carbonyl (C=O) groups is 1. The van der Waals surface area contributed by atoms with Crippen molar-refractivity contribution in [3.63, 3.8) is 0 Å². The molecule has 1 heterocycles. The highest BCUT2D eigenvalue weighted by atomic mass is 79.9. The summed E-state index contributed by atoms with van der Waals surface area (Å²) in [4.78, 5) is 11.6. The Kier molecular flexibility index (Phi) is 3.21. The fraction of sp³-hybridized carbons (Fsp3) is 0.182. The number of carbonyl (C=O) groups excluding carboxylic acids is 1. The Hall–Kier alpha value is -1.000. The number of fused-ring (bicyclic) bond motifs is 1. The summed E-state index contributed by atoms with van der Waals surface area (Å²) in [5.41, 5.74) is 0.882. The number of halogens is 2. The largest absolute Gasteiger partial charge is 0.462 e. The van der Waals surface area contributed by atoms with Gasteiger partial charge in [-0.15, -0.1) is 0 Å². The molecule has 2 aromatic rings. The van der Waals surface area contributed by atoms with E-state index in [9.17, 15) is 4.79 Å². The van der Waals surface area contributed by atoms with Crippen molar-refractivity contribution in [3.8, 4) is 0 Å². The van der Waals surface area contributed by atoms with Gasteiger partial charge in [-0.3, -0.25) is 0 Å². The maximum atomic E-state index is 11.6. The van der Waals surface area contributed by atoms with Crippen LogP contribution in [0.1, 0.15) is 17.3 Å². The zero-order valence-corrected chi connectivity index (χ0v) is 10.8. The van der Waals surface area contributed by atoms with Gasteiger partial charge in [0.15, 0.2) is 5.58 Å². The van der Waals surface area contributed by atoms with E-state index < -0.39 is 5.97 Å². The topological polar surface area (TPSA) is 39.4 Å². The van der Waals surface area contributed by atoms with Gasteiger partial charge in [0.25, 0.3) is 0 Å². The summed E-state index contributed by atoms with van der Waals surface area (Å²) < 4.78 is 11.0. The molecule has 84 valence electrons. The molecule has 3 nitrogen and oxygen atoms in total. The summed E-state index contributed by atoms with van der Waals surface area (Å²) in [6.07, 6.45) is 1.36. The van der Waals surface area contributed by atoms with Gasteiger partial charge in [-0.25, -0.2) is 4.79 Å². The molecule has 16 heavy (non-hydrogen) atoms. The summed E-state index contributed by atoms with van der Waals surface area (Å²) in [5.74, 6) is -0.407. The van der Waals surface area contributed by atoms with Crippen molar-refractivity contribution >= 4 is 44.5 Å². The van der Waals surface area contributed by atoms with Gasteiger partial charge in [-0.1, -0.05) is 27.5 Å². The molecule has 0 aliphatic heterocycles. The number of benzene rings is 1. The Labute approximate surface area is 105 Å². The van der Waals surface area contributed by atoms with Crippen LogP contribution < -0.4 is 0 Å². The quantitative estimate of drug-likeness (QED) is 0.786. The smallest absolute Gasteiger partial charge is 0.342 e. The van der Waals surface area contributed by atoms with Crippen LogP contribution in [0.4, 0.5) is 0 Å². The molecule has 0 saturated carbocycles. The van der Waals surface area contributed by atoms with Crippen molar-refractivity contribution in [1.82, 2.24) is 0 Å². The van der Waals surface area contributed by atoms with Crippen molar-refractivity contribution < 1.29 is 13.9 Å². The summed E-state index contributed by atoms with van der Waals surface area (Å²) in [5, 5.41) is 1.11. The molecular weight excluding hydrogens is 295 g/mol. The average molecular weight is 304 g/mol. The fourth-order valence-corrected chi connectivity index (χ4v) is 2.28. The fourth-order valence-electron chi connectivity index (χ4n) is 1.43. The molecule has 0 N–H and O–H groups in total. The minimum atomic E-state index is -0.407. The third-order valence-electron chi connectivity index (χ3n) is 2.09. The van der Waals surface area contributed by atoms with E-state index in [1.807, 2.05) is 0 Å². The predicted octanol–water partition coefficient (Wildman–Crippen LogP) is 4.03. The lowest BCUT2D eigenvalue weighted by molar-refractivity contribution is 0.0527. The van der Waals surface area contributed by atoms with E-state index in [1.54, 1.807) is 19.1 Å². The number of hydrogen-bond donors (Lipinski definition) is 0. The molecule has 0 spiro atoms. The average Bonchev–Trinajstić information content (AvgIpc) is 2.61. The van der Waals surface area contributed by atoms with Crippen LogP contribution in [0.5, 0.6) is 0 Å². The van der Waals surface area contributed by atoms with Crippen LogP contribution in [0.3, 0.4) is 0 Å². The van der Waals surface area contributed by atoms with Crippen molar-refractivity contribution in [2.75, 3.05) is 6.61 Å². The summed E-state index contributed by atoms with van der Waals surface area (Å²) >= 11 is 9.29. The van der Waals surface area contributed by atoms with Gasteiger partial charge in [-0.05, 0) is 19.1 Å². The molecule has 0 fully saturated rings. The van der Waals surface area contributed by atoms with Crippen LogP contribution in [-0.4, -0.2) is 12.6 Å². The molecule has 0 saturated heterocycles. The van der Waals surface area contributed by atoms with Crippen LogP contribution in [0, 0.1) is 0 Å². The van der Waals surface area contributed by atoms with Gasteiger partial charge in [0.2, 0.25) is 0 Å². The van der Waals surface area contributed by atoms with Crippen molar-refractivity contribution in [2.45, 2.75) is 6.92 Å².